The average Bonchev–Trinajstić information content (AvgIpc) is 2.72. The number of carbonyl (C=O) groups is 1. The van der Waals surface area contributed by atoms with Gasteiger partial charge in [0.15, 0.2) is 5.78 Å². The lowest BCUT2D eigenvalue weighted by molar-refractivity contribution is -0.300. The van der Waals surface area contributed by atoms with Crippen molar-refractivity contribution in [3.8, 4) is 0 Å². The molecule has 194 valence electrons. The molecule has 0 saturated carbocycles. The van der Waals surface area contributed by atoms with E-state index in [-0.39, 0.29) is 44.3 Å². The van der Waals surface area contributed by atoms with Crippen molar-refractivity contribution in [2.24, 2.45) is 10.8 Å². The highest BCUT2D eigenvalue weighted by molar-refractivity contribution is 6.23. The molecule has 4 nitrogen and oxygen atoms in total. The monoisotopic (exact) mass is 490 g/mol. The molecule has 0 fully saturated rings. The summed E-state index contributed by atoms with van der Waals surface area (Å²) in [6.07, 6.45) is 7.14. The first-order chi connectivity index (χ1) is 16.2. The standard InChI is InChI=1S/C32H42O4/c1-29(2,3)19-13-21(35-25(15-19)31(7,8)9)17-23-27(33)24(28(23)34)18-22-14-20(30(4,5)6)16-26(36-22)32(10,11)12/h13-18H,1-12H3. The number of rotatable bonds is 2. The summed E-state index contributed by atoms with van der Waals surface area (Å²) in [6, 6.07) is 3.98. The molecule has 1 aromatic rings. The third-order valence-corrected chi connectivity index (χ3v) is 6.39. The van der Waals surface area contributed by atoms with Gasteiger partial charge in [-0.1, -0.05) is 68.1 Å². The van der Waals surface area contributed by atoms with Gasteiger partial charge in [0.25, 0.3) is 0 Å². The number of Topliss-reactive ketones (excluding diaryl/α,β-unsaturated/α-hetero) is 1. The summed E-state index contributed by atoms with van der Waals surface area (Å²) in [5, 5.41) is 13.1. The van der Waals surface area contributed by atoms with Gasteiger partial charge in [-0.3, -0.25) is 4.79 Å². The third-order valence-electron chi connectivity index (χ3n) is 6.39. The molecule has 2 heterocycles. The third kappa shape index (κ3) is 5.91. The molecule has 0 aromatic carbocycles. The molecule has 4 heteroatoms. The minimum absolute atomic E-state index is 0.104. The van der Waals surface area contributed by atoms with Crippen LogP contribution in [0.2, 0.25) is 0 Å². The molecule has 0 saturated heterocycles. The van der Waals surface area contributed by atoms with Crippen molar-refractivity contribution in [2.75, 3.05) is 0 Å². The first-order valence-corrected chi connectivity index (χ1v) is 12.7. The van der Waals surface area contributed by atoms with Gasteiger partial charge in [-0.05, 0) is 61.0 Å². The first kappa shape index (κ1) is 27.7. The zero-order chi connectivity index (χ0) is 27.4. The Hall–Kier alpha value is -2.88. The molecule has 3 rings (SSSR count). The van der Waals surface area contributed by atoms with E-state index in [4.69, 9.17) is 9.15 Å². The molecular weight excluding hydrogens is 448 g/mol. The summed E-state index contributed by atoms with van der Waals surface area (Å²) in [6.45, 7) is 25.3. The van der Waals surface area contributed by atoms with Crippen molar-refractivity contribution < 1.29 is 19.1 Å². The fraction of sp³-hybridized carbons (Fsp3) is 0.500. The molecule has 36 heavy (non-hydrogen) atoms. The summed E-state index contributed by atoms with van der Waals surface area (Å²) < 4.78 is 12.2. The summed E-state index contributed by atoms with van der Waals surface area (Å²) in [7, 11) is 0. The predicted molar refractivity (Wildman–Crippen MR) is 145 cm³/mol. The van der Waals surface area contributed by atoms with Crippen LogP contribution in [0, 0.1) is 10.8 Å². The lowest BCUT2D eigenvalue weighted by Gasteiger charge is -2.32. The van der Waals surface area contributed by atoms with Crippen LogP contribution in [0.1, 0.15) is 100 Å². The molecule has 1 aliphatic heterocycles. The number of ketones is 1. The molecule has 0 bridgehead atoms. The van der Waals surface area contributed by atoms with Crippen LogP contribution in [-0.4, -0.2) is 5.78 Å². The largest absolute Gasteiger partial charge is 0.871 e. The maximum atomic E-state index is 13.1. The van der Waals surface area contributed by atoms with Crippen molar-refractivity contribution >= 4 is 11.9 Å². The Morgan fingerprint density at radius 2 is 1.39 bits per heavy atom. The van der Waals surface area contributed by atoms with Crippen molar-refractivity contribution in [3.05, 3.63) is 81.4 Å². The molecule has 2 aliphatic rings. The Labute approximate surface area is 217 Å². The second-order valence-electron chi connectivity index (χ2n) is 14.0. The Morgan fingerprint density at radius 1 is 0.778 bits per heavy atom. The zero-order valence-electron chi connectivity index (χ0n) is 24.1. The van der Waals surface area contributed by atoms with Crippen LogP contribution in [0.25, 0.3) is 6.08 Å². The first-order valence-electron chi connectivity index (χ1n) is 12.7. The van der Waals surface area contributed by atoms with Crippen LogP contribution < -0.4 is 5.11 Å². The lowest BCUT2D eigenvalue weighted by atomic mass is 9.81. The highest BCUT2D eigenvalue weighted by Gasteiger charge is 2.34. The number of carbonyl (C=O) groups excluding carboxylic acids is 1. The van der Waals surface area contributed by atoms with Gasteiger partial charge in [0.1, 0.15) is 11.5 Å². The van der Waals surface area contributed by atoms with E-state index in [0.29, 0.717) is 11.5 Å². The number of allylic oxidation sites excluding steroid dienone is 7. The van der Waals surface area contributed by atoms with Crippen molar-refractivity contribution in [2.45, 2.75) is 93.9 Å². The SMILES string of the molecule is CC(C)(C)C1=C/C(=C/C2=C([O-])C(=C/c3cc(C(C)(C)C)cc(C(C)(C)C)[o+]3)/C2=O)OC(C(C)(C)C)=C1. The molecule has 0 unspecified atom stereocenters. The zero-order valence-corrected chi connectivity index (χ0v) is 24.1. The smallest absolute Gasteiger partial charge is 0.354 e. The normalized spacial score (nSPS) is 19.8. The Kier molecular flexibility index (Phi) is 6.85. The molecule has 0 spiro atoms. The van der Waals surface area contributed by atoms with Gasteiger partial charge < -0.3 is 9.84 Å². The van der Waals surface area contributed by atoms with E-state index in [2.05, 4.69) is 95.2 Å². The van der Waals surface area contributed by atoms with Gasteiger partial charge >= 0.3 is 11.5 Å². The Morgan fingerprint density at radius 3 is 1.86 bits per heavy atom. The van der Waals surface area contributed by atoms with Crippen LogP contribution in [0.15, 0.2) is 68.8 Å². The number of hydrogen-bond acceptors (Lipinski definition) is 3. The topological polar surface area (TPSA) is 60.7 Å². The maximum absolute atomic E-state index is 13.1. The summed E-state index contributed by atoms with van der Waals surface area (Å²) in [5.41, 5.74) is 1.83. The Balaban J connectivity index is 2.04. The Bertz CT molecular complexity index is 1200. The fourth-order valence-corrected chi connectivity index (χ4v) is 3.77. The highest BCUT2D eigenvalue weighted by Crippen LogP contribution is 2.40. The van der Waals surface area contributed by atoms with Crippen LogP contribution in [0.3, 0.4) is 0 Å². The van der Waals surface area contributed by atoms with E-state index in [1.54, 1.807) is 12.2 Å². The number of ether oxygens (including phenoxy) is 1. The van der Waals surface area contributed by atoms with Crippen molar-refractivity contribution in [1.82, 2.24) is 0 Å². The minimum Gasteiger partial charge on any atom is -0.871 e. The molecule has 1 aliphatic carbocycles. The molecule has 0 amide bonds. The van der Waals surface area contributed by atoms with Gasteiger partial charge in [-0.2, -0.15) is 0 Å². The summed E-state index contributed by atoms with van der Waals surface area (Å²) in [4.78, 5) is 13.1. The predicted octanol–water partition coefficient (Wildman–Crippen LogP) is 7.55. The highest BCUT2D eigenvalue weighted by atomic mass is 16.5. The second-order valence-corrected chi connectivity index (χ2v) is 14.0. The van der Waals surface area contributed by atoms with Gasteiger partial charge in [0, 0.05) is 28.7 Å². The van der Waals surface area contributed by atoms with Gasteiger partial charge in [0.2, 0.25) is 0 Å². The van der Waals surface area contributed by atoms with Crippen LogP contribution in [-0.2, 0) is 20.4 Å². The summed E-state index contributed by atoms with van der Waals surface area (Å²) in [5.74, 6) is 2.06. The molecular formula is C32H42O4. The average molecular weight is 491 g/mol. The quantitative estimate of drug-likeness (QED) is 0.317. The van der Waals surface area contributed by atoms with E-state index in [9.17, 15) is 9.90 Å². The summed E-state index contributed by atoms with van der Waals surface area (Å²) >= 11 is 0. The number of hydrogen-bond donors (Lipinski definition) is 0. The second kappa shape index (κ2) is 8.90. The van der Waals surface area contributed by atoms with E-state index >= 15 is 0 Å². The van der Waals surface area contributed by atoms with E-state index in [0.717, 1.165) is 22.7 Å². The molecule has 0 N–H and O–H groups in total. The van der Waals surface area contributed by atoms with Crippen molar-refractivity contribution in [1.29, 1.82) is 0 Å². The maximum Gasteiger partial charge on any atom is 0.354 e. The van der Waals surface area contributed by atoms with E-state index < -0.39 is 0 Å². The fourth-order valence-electron chi connectivity index (χ4n) is 3.77. The van der Waals surface area contributed by atoms with Crippen molar-refractivity contribution in [3.63, 3.8) is 0 Å². The van der Waals surface area contributed by atoms with Crippen LogP contribution in [0.5, 0.6) is 0 Å². The van der Waals surface area contributed by atoms with Crippen LogP contribution >= 0.6 is 0 Å². The van der Waals surface area contributed by atoms with Gasteiger partial charge in [-0.25, -0.2) is 4.42 Å². The van der Waals surface area contributed by atoms with Gasteiger partial charge in [-0.15, -0.1) is 0 Å². The molecule has 0 atom stereocenters. The van der Waals surface area contributed by atoms with Gasteiger partial charge in [0.05, 0.1) is 11.5 Å². The van der Waals surface area contributed by atoms with E-state index in [1.807, 2.05) is 12.1 Å². The molecule has 1 aromatic heterocycles. The lowest BCUT2D eigenvalue weighted by Crippen LogP contribution is -2.29. The minimum atomic E-state index is -0.289. The van der Waals surface area contributed by atoms with E-state index in [1.165, 1.54) is 0 Å². The van der Waals surface area contributed by atoms with Crippen LogP contribution in [0.4, 0.5) is 0 Å². The molecule has 0 radical (unpaired) electrons.